The Morgan fingerprint density at radius 3 is 2.67 bits per heavy atom. The molecule has 0 atom stereocenters. The number of aryl methyl sites for hydroxylation is 1. The third kappa shape index (κ3) is 2.07. The SMILES string of the molecule is Cc1ccc2cccc(C(=O)O)c2n1.Cl. The summed E-state index contributed by atoms with van der Waals surface area (Å²) in [6.07, 6.45) is 0. The van der Waals surface area contributed by atoms with E-state index < -0.39 is 5.97 Å². The molecule has 0 fully saturated rings. The van der Waals surface area contributed by atoms with Crippen molar-refractivity contribution in [1.82, 2.24) is 4.98 Å². The van der Waals surface area contributed by atoms with Crippen molar-refractivity contribution in [3.05, 3.63) is 41.6 Å². The molecule has 0 bridgehead atoms. The van der Waals surface area contributed by atoms with Gasteiger partial charge < -0.3 is 5.11 Å². The maximum Gasteiger partial charge on any atom is 0.337 e. The average molecular weight is 224 g/mol. The molecular weight excluding hydrogens is 214 g/mol. The first-order valence-corrected chi connectivity index (χ1v) is 4.28. The number of carboxylic acids is 1. The molecule has 15 heavy (non-hydrogen) atoms. The van der Waals surface area contributed by atoms with Gasteiger partial charge in [0, 0.05) is 11.1 Å². The molecular formula is C11H10ClNO2. The smallest absolute Gasteiger partial charge is 0.337 e. The molecule has 2 aromatic rings. The summed E-state index contributed by atoms with van der Waals surface area (Å²) in [6.45, 7) is 1.85. The second-order valence-electron chi connectivity index (χ2n) is 3.14. The van der Waals surface area contributed by atoms with Crippen LogP contribution in [0.5, 0.6) is 0 Å². The molecule has 78 valence electrons. The molecule has 0 aliphatic carbocycles. The van der Waals surface area contributed by atoms with E-state index in [-0.39, 0.29) is 18.0 Å². The number of hydrogen-bond donors (Lipinski definition) is 1. The van der Waals surface area contributed by atoms with Crippen LogP contribution in [-0.2, 0) is 0 Å². The van der Waals surface area contributed by atoms with E-state index in [0.717, 1.165) is 11.1 Å². The highest BCUT2D eigenvalue weighted by Gasteiger charge is 2.08. The van der Waals surface area contributed by atoms with Gasteiger partial charge in [-0.3, -0.25) is 4.98 Å². The normalized spacial score (nSPS) is 9.67. The number of aromatic carboxylic acids is 1. The summed E-state index contributed by atoms with van der Waals surface area (Å²) in [5, 5.41) is 9.79. The molecule has 0 radical (unpaired) electrons. The van der Waals surface area contributed by atoms with E-state index in [0.29, 0.717) is 5.52 Å². The number of carboxylic acid groups (broad SMARTS) is 1. The van der Waals surface area contributed by atoms with Crippen molar-refractivity contribution in [2.24, 2.45) is 0 Å². The van der Waals surface area contributed by atoms with Gasteiger partial charge in [0.05, 0.1) is 11.1 Å². The third-order valence-electron chi connectivity index (χ3n) is 2.09. The highest BCUT2D eigenvalue weighted by Crippen LogP contribution is 2.16. The third-order valence-corrected chi connectivity index (χ3v) is 2.09. The fraction of sp³-hybridized carbons (Fsp3) is 0.0909. The minimum Gasteiger partial charge on any atom is -0.478 e. The minimum absolute atomic E-state index is 0. The van der Waals surface area contributed by atoms with Crippen molar-refractivity contribution in [3.8, 4) is 0 Å². The largest absolute Gasteiger partial charge is 0.478 e. The Labute approximate surface area is 93.2 Å². The lowest BCUT2D eigenvalue weighted by molar-refractivity contribution is 0.0699. The van der Waals surface area contributed by atoms with Gasteiger partial charge in [-0.25, -0.2) is 4.79 Å². The van der Waals surface area contributed by atoms with Crippen molar-refractivity contribution >= 4 is 29.3 Å². The Bertz CT molecular complexity index is 511. The highest BCUT2D eigenvalue weighted by atomic mass is 35.5. The Kier molecular flexibility index (Phi) is 3.27. The van der Waals surface area contributed by atoms with Gasteiger partial charge in [-0.1, -0.05) is 18.2 Å². The molecule has 4 heteroatoms. The zero-order valence-corrected chi connectivity index (χ0v) is 8.91. The van der Waals surface area contributed by atoms with Crippen LogP contribution < -0.4 is 0 Å². The lowest BCUT2D eigenvalue weighted by atomic mass is 10.1. The summed E-state index contributed by atoms with van der Waals surface area (Å²) >= 11 is 0. The van der Waals surface area contributed by atoms with Gasteiger partial charge in [-0.15, -0.1) is 12.4 Å². The Morgan fingerprint density at radius 2 is 2.00 bits per heavy atom. The van der Waals surface area contributed by atoms with E-state index in [1.54, 1.807) is 12.1 Å². The summed E-state index contributed by atoms with van der Waals surface area (Å²) < 4.78 is 0. The summed E-state index contributed by atoms with van der Waals surface area (Å²) in [6, 6.07) is 8.90. The maximum atomic E-state index is 10.9. The van der Waals surface area contributed by atoms with Crippen LogP contribution in [0.1, 0.15) is 16.1 Å². The summed E-state index contributed by atoms with van der Waals surface area (Å²) in [5.41, 5.74) is 1.64. The second kappa shape index (κ2) is 4.28. The van der Waals surface area contributed by atoms with E-state index in [1.807, 2.05) is 25.1 Å². The van der Waals surface area contributed by atoms with E-state index in [2.05, 4.69) is 4.98 Å². The van der Waals surface area contributed by atoms with Gasteiger partial charge in [0.15, 0.2) is 0 Å². The number of halogens is 1. The quantitative estimate of drug-likeness (QED) is 0.809. The van der Waals surface area contributed by atoms with Crippen molar-refractivity contribution in [2.75, 3.05) is 0 Å². The molecule has 0 saturated heterocycles. The number of rotatable bonds is 1. The maximum absolute atomic E-state index is 10.9. The molecule has 0 aliphatic rings. The number of aromatic nitrogens is 1. The van der Waals surface area contributed by atoms with Crippen molar-refractivity contribution in [3.63, 3.8) is 0 Å². The number of nitrogens with zero attached hydrogens (tertiary/aromatic N) is 1. The molecule has 0 amide bonds. The first-order chi connectivity index (χ1) is 6.68. The van der Waals surface area contributed by atoms with Crippen LogP contribution in [0.25, 0.3) is 10.9 Å². The first kappa shape index (κ1) is 11.5. The fourth-order valence-electron chi connectivity index (χ4n) is 1.42. The van der Waals surface area contributed by atoms with Crippen LogP contribution in [0.4, 0.5) is 0 Å². The van der Waals surface area contributed by atoms with Crippen LogP contribution >= 0.6 is 12.4 Å². The molecule has 0 saturated carbocycles. The number of fused-ring (bicyclic) bond motifs is 1. The first-order valence-electron chi connectivity index (χ1n) is 4.28. The predicted octanol–water partition coefficient (Wildman–Crippen LogP) is 2.66. The van der Waals surface area contributed by atoms with E-state index >= 15 is 0 Å². The zero-order valence-electron chi connectivity index (χ0n) is 8.10. The molecule has 1 heterocycles. The number of pyridine rings is 1. The standard InChI is InChI=1S/C11H9NO2.ClH/c1-7-5-6-8-3-2-4-9(11(13)14)10(8)12-7;/h2-6H,1H3,(H,13,14);1H. The molecule has 3 nitrogen and oxygen atoms in total. The molecule has 2 rings (SSSR count). The van der Waals surface area contributed by atoms with Gasteiger partial charge in [0.25, 0.3) is 0 Å². The van der Waals surface area contributed by atoms with Crippen LogP contribution in [-0.4, -0.2) is 16.1 Å². The second-order valence-corrected chi connectivity index (χ2v) is 3.14. The van der Waals surface area contributed by atoms with E-state index in [4.69, 9.17) is 5.11 Å². The molecule has 1 aromatic heterocycles. The summed E-state index contributed by atoms with van der Waals surface area (Å²) in [7, 11) is 0. The van der Waals surface area contributed by atoms with Gasteiger partial charge in [0.2, 0.25) is 0 Å². The summed E-state index contributed by atoms with van der Waals surface area (Å²) in [5.74, 6) is -0.936. The lowest BCUT2D eigenvalue weighted by Crippen LogP contribution is -1.99. The van der Waals surface area contributed by atoms with Crippen LogP contribution in [0.3, 0.4) is 0 Å². The monoisotopic (exact) mass is 223 g/mol. The molecule has 0 spiro atoms. The van der Waals surface area contributed by atoms with Crippen LogP contribution in [0.15, 0.2) is 30.3 Å². The van der Waals surface area contributed by atoms with E-state index in [1.165, 1.54) is 0 Å². The lowest BCUT2D eigenvalue weighted by Gasteiger charge is -2.01. The predicted molar refractivity (Wildman–Crippen MR) is 60.7 cm³/mol. The van der Waals surface area contributed by atoms with Crippen LogP contribution in [0.2, 0.25) is 0 Å². The van der Waals surface area contributed by atoms with Crippen molar-refractivity contribution < 1.29 is 9.90 Å². The molecule has 1 aromatic carbocycles. The van der Waals surface area contributed by atoms with Crippen molar-refractivity contribution in [2.45, 2.75) is 6.92 Å². The summed E-state index contributed by atoms with van der Waals surface area (Å²) in [4.78, 5) is 15.1. The Hall–Kier alpha value is -1.61. The molecule has 0 aliphatic heterocycles. The minimum atomic E-state index is -0.936. The van der Waals surface area contributed by atoms with E-state index in [9.17, 15) is 4.79 Å². The number of hydrogen-bond acceptors (Lipinski definition) is 2. The van der Waals surface area contributed by atoms with Gasteiger partial charge in [0.1, 0.15) is 0 Å². The molecule has 0 unspecified atom stereocenters. The molecule has 1 N–H and O–H groups in total. The topological polar surface area (TPSA) is 50.2 Å². The fourth-order valence-corrected chi connectivity index (χ4v) is 1.42. The van der Waals surface area contributed by atoms with Gasteiger partial charge >= 0.3 is 5.97 Å². The highest BCUT2D eigenvalue weighted by molar-refractivity contribution is 6.01. The van der Waals surface area contributed by atoms with Gasteiger partial charge in [-0.2, -0.15) is 0 Å². The van der Waals surface area contributed by atoms with Crippen LogP contribution in [0, 0.1) is 6.92 Å². The Balaban J connectivity index is 0.00000112. The zero-order chi connectivity index (χ0) is 10.1. The number of benzene rings is 1. The van der Waals surface area contributed by atoms with Crippen molar-refractivity contribution in [1.29, 1.82) is 0 Å². The average Bonchev–Trinajstić information content (AvgIpc) is 2.16. The number of carbonyl (C=O) groups is 1. The Morgan fingerprint density at radius 1 is 1.27 bits per heavy atom. The van der Waals surface area contributed by atoms with Gasteiger partial charge in [-0.05, 0) is 19.1 Å². The number of para-hydroxylation sites is 1.